The molecule has 0 aliphatic heterocycles. The summed E-state index contributed by atoms with van der Waals surface area (Å²) in [4.78, 5) is 17.6. The number of aromatic nitrogens is 5. The number of hydrogen-bond donors (Lipinski definition) is 0. The number of aryl methyl sites for hydroxylation is 1. The number of hydrogen-bond acceptors (Lipinski definition) is 4. The largest absolute Gasteiger partial charge is 0.380 e. The number of para-hydroxylation sites is 1. The summed E-state index contributed by atoms with van der Waals surface area (Å²) in [6.07, 6.45) is 9.73. The third-order valence-electron chi connectivity index (χ3n) is 15.5. The van der Waals surface area contributed by atoms with Crippen molar-refractivity contribution in [3.63, 3.8) is 0 Å². The summed E-state index contributed by atoms with van der Waals surface area (Å²) < 4.78 is 14.6. The number of benzene rings is 9. The van der Waals surface area contributed by atoms with E-state index in [0.717, 1.165) is 75.5 Å². The molecule has 0 atom stereocenters. The predicted octanol–water partition coefficient (Wildman–Crippen LogP) is 21.7. The van der Waals surface area contributed by atoms with Gasteiger partial charge in [0.05, 0.1) is 6.67 Å². The molecule has 14 aromatic rings. The van der Waals surface area contributed by atoms with E-state index < -0.39 is 0 Å². The normalized spacial score (nSPS) is 10.4. The SMILES string of the molecule is CC(C)Cc1cccc(-c2cc[c-]c(-c3ccccn3)c2)c1.CC(C)Cn1c2c[c-]c(-c3ccccn3)cc2c2ccccc21.FCCCc1ccc(-c2cc[c-]c(-c3ccccn3)c2)cc1.[Ir].[Ir].[Ir].[Ir].[c-]1ccc(-c2cccc(-c3ccccc3)c2)cc1-c1ccccn1. The van der Waals surface area contributed by atoms with Crippen molar-refractivity contribution < 1.29 is 84.8 Å². The maximum absolute atomic E-state index is 12.2. The van der Waals surface area contributed by atoms with Crippen LogP contribution in [0.25, 0.3) is 111 Å². The topological polar surface area (TPSA) is 56.5 Å². The second-order valence-electron chi connectivity index (χ2n) is 23.2. The summed E-state index contributed by atoms with van der Waals surface area (Å²) in [7, 11) is 0. The number of halogens is 1. The molecule has 14 rings (SSSR count). The molecule has 0 saturated heterocycles. The number of alkyl halides is 1. The van der Waals surface area contributed by atoms with E-state index in [0.29, 0.717) is 18.3 Å². The molecule has 0 saturated carbocycles. The Hall–Kier alpha value is -8.09. The first kappa shape index (κ1) is 74.3. The van der Waals surface area contributed by atoms with Gasteiger partial charge in [0, 0.05) is 117 Å². The minimum absolute atomic E-state index is 0. The Bertz CT molecular complexity index is 4490. The van der Waals surface area contributed by atoms with Crippen LogP contribution in [0.3, 0.4) is 0 Å². The van der Waals surface area contributed by atoms with Crippen LogP contribution in [0.4, 0.5) is 4.39 Å². The molecule has 5 aromatic heterocycles. The Morgan fingerprint density at radius 2 is 0.768 bits per heavy atom. The summed E-state index contributed by atoms with van der Waals surface area (Å²) in [6, 6.07) is 105. The van der Waals surface area contributed by atoms with Crippen molar-refractivity contribution in [1.29, 1.82) is 0 Å². The molecule has 0 spiro atoms. The Kier molecular flexibility index (Phi) is 29.6. The van der Waals surface area contributed by atoms with E-state index in [4.69, 9.17) is 0 Å². The van der Waals surface area contributed by atoms with Gasteiger partial charge in [0.15, 0.2) is 0 Å². The third kappa shape index (κ3) is 20.5. The van der Waals surface area contributed by atoms with Gasteiger partial charge >= 0.3 is 0 Å². The van der Waals surface area contributed by atoms with Gasteiger partial charge in [0.1, 0.15) is 0 Å². The van der Waals surface area contributed by atoms with Crippen molar-refractivity contribution in [2.24, 2.45) is 11.8 Å². The first-order valence-corrected chi connectivity index (χ1v) is 31.3. The summed E-state index contributed by atoms with van der Waals surface area (Å²) in [5.41, 5.74) is 22.6. The number of rotatable bonds is 15. The van der Waals surface area contributed by atoms with Crippen LogP contribution in [0, 0.1) is 36.1 Å². The van der Waals surface area contributed by atoms with Gasteiger partial charge in [0.25, 0.3) is 0 Å². The molecule has 95 heavy (non-hydrogen) atoms. The fraction of sp³-hybridized carbons (Fsp3) is 0.129. The van der Waals surface area contributed by atoms with Crippen molar-refractivity contribution in [3.8, 4) is 89.5 Å². The van der Waals surface area contributed by atoms with Gasteiger partial charge in [-0.05, 0) is 140 Å². The van der Waals surface area contributed by atoms with Crippen LogP contribution in [0.2, 0.25) is 0 Å². The molecule has 4 radical (unpaired) electrons. The molecule has 5 heterocycles. The molecule has 0 aliphatic carbocycles. The van der Waals surface area contributed by atoms with Crippen LogP contribution in [0.15, 0.2) is 292 Å². The maximum Gasteiger partial charge on any atom is 0.0897 e. The molecule has 9 aromatic carbocycles. The van der Waals surface area contributed by atoms with Gasteiger partial charge in [-0.3, -0.25) is 4.39 Å². The molecule has 10 heteroatoms. The van der Waals surface area contributed by atoms with Crippen LogP contribution in [-0.4, -0.2) is 31.2 Å². The van der Waals surface area contributed by atoms with Gasteiger partial charge in [-0.15, -0.1) is 130 Å². The maximum atomic E-state index is 12.2. The molecular formula is C85H72FIr4N5-4. The second-order valence-corrected chi connectivity index (χ2v) is 23.2. The molecule has 0 bridgehead atoms. The zero-order valence-electron chi connectivity index (χ0n) is 53.4. The van der Waals surface area contributed by atoms with Gasteiger partial charge < -0.3 is 24.5 Å². The number of pyridine rings is 4. The molecule has 0 amide bonds. The molecule has 0 fully saturated rings. The van der Waals surface area contributed by atoms with Crippen LogP contribution >= 0.6 is 0 Å². The first-order chi connectivity index (χ1) is 44.7. The zero-order valence-corrected chi connectivity index (χ0v) is 62.9. The van der Waals surface area contributed by atoms with E-state index in [1.165, 1.54) is 66.3 Å². The minimum atomic E-state index is -0.260. The van der Waals surface area contributed by atoms with Crippen LogP contribution in [0.1, 0.15) is 45.2 Å². The first-order valence-electron chi connectivity index (χ1n) is 31.3. The summed E-state index contributed by atoms with van der Waals surface area (Å²) in [6.45, 7) is 9.77. The van der Waals surface area contributed by atoms with E-state index in [2.05, 4.69) is 240 Å². The van der Waals surface area contributed by atoms with E-state index in [-0.39, 0.29) is 87.1 Å². The van der Waals surface area contributed by atoms with E-state index in [1.807, 2.05) is 122 Å². The molecule has 0 N–H and O–H groups in total. The average Bonchev–Trinajstić information content (AvgIpc) is 1.61. The Morgan fingerprint density at radius 1 is 0.347 bits per heavy atom. The number of nitrogens with zero attached hydrogens (tertiary/aromatic N) is 5. The smallest absolute Gasteiger partial charge is 0.0897 e. The summed E-state index contributed by atoms with van der Waals surface area (Å²) in [5, 5.41) is 2.58. The fourth-order valence-electron chi connectivity index (χ4n) is 11.2. The molecular weight excluding hydrogens is 1880 g/mol. The molecule has 0 unspecified atom stereocenters. The van der Waals surface area contributed by atoms with Crippen molar-refractivity contribution >= 4 is 21.8 Å². The van der Waals surface area contributed by atoms with Gasteiger partial charge in [-0.25, -0.2) is 0 Å². The minimum Gasteiger partial charge on any atom is -0.380 e. The van der Waals surface area contributed by atoms with E-state index in [9.17, 15) is 4.39 Å². The van der Waals surface area contributed by atoms with Gasteiger partial charge in [-0.1, -0.05) is 197 Å². The quantitative estimate of drug-likeness (QED) is 0.0960. The van der Waals surface area contributed by atoms with Crippen molar-refractivity contribution in [1.82, 2.24) is 24.5 Å². The van der Waals surface area contributed by atoms with Crippen molar-refractivity contribution in [3.05, 3.63) is 327 Å². The predicted molar refractivity (Wildman–Crippen MR) is 376 cm³/mol. The standard InChI is InChI=1S/C23H16N.C21H19N2.C21H20N.C20H17FN.4Ir/c1-2-8-18(9-3-1)19-10-6-11-20(16-19)21-12-7-13-22(17-21)23-14-4-5-15-24-23;1-15(2)14-23-20-9-4-3-7-17(20)18-13-16(10-11-21(18)23)19-8-5-6-12-22-19;1-16(2)13-17-7-5-8-18(14-17)19-9-6-10-20(15-19)21-11-3-4-12-22-21;21-13-4-5-16-9-11-17(12-10-16)18-6-3-7-19(15-18)20-8-1-2-14-22-20;;;;/h1-12,14-17H;3-9,11-13,15H,14H2,1-2H3;3-9,11-12,14-16H,13H2,1-2H3;1-3,6,8-12,14-15H,4-5,13H2;;;;/q4*-1;;;;. The monoisotopic (exact) mass is 1950 g/mol. The second kappa shape index (κ2) is 37.9. The van der Waals surface area contributed by atoms with E-state index in [1.54, 1.807) is 6.20 Å². The van der Waals surface area contributed by atoms with Crippen molar-refractivity contribution in [2.45, 2.75) is 53.5 Å². The molecule has 0 aliphatic rings. The Balaban J connectivity index is 0.000000177. The average molecular weight is 1950 g/mol. The Labute approximate surface area is 614 Å². The number of fused-ring (bicyclic) bond motifs is 3. The van der Waals surface area contributed by atoms with Gasteiger partial charge in [-0.2, -0.15) is 0 Å². The molecule has 5 nitrogen and oxygen atoms in total. The summed E-state index contributed by atoms with van der Waals surface area (Å²) in [5.74, 6) is 1.27. The Morgan fingerprint density at radius 3 is 1.25 bits per heavy atom. The van der Waals surface area contributed by atoms with Crippen LogP contribution < -0.4 is 0 Å². The summed E-state index contributed by atoms with van der Waals surface area (Å²) >= 11 is 0. The van der Waals surface area contributed by atoms with Crippen LogP contribution in [-0.2, 0) is 99.8 Å². The van der Waals surface area contributed by atoms with Crippen molar-refractivity contribution in [2.75, 3.05) is 6.67 Å². The zero-order chi connectivity index (χ0) is 62.6. The van der Waals surface area contributed by atoms with Crippen LogP contribution in [0.5, 0.6) is 0 Å². The third-order valence-corrected chi connectivity index (χ3v) is 15.5. The van der Waals surface area contributed by atoms with Gasteiger partial charge in [0.2, 0.25) is 0 Å². The molecule has 484 valence electrons. The van der Waals surface area contributed by atoms with E-state index >= 15 is 0 Å². The fourth-order valence-corrected chi connectivity index (χ4v) is 11.2.